The highest BCUT2D eigenvalue weighted by Crippen LogP contribution is 2.43. The van der Waals surface area contributed by atoms with E-state index in [1.165, 1.54) is 4.90 Å². The molecule has 0 saturated carbocycles. The fourth-order valence-corrected chi connectivity index (χ4v) is 4.66. The number of carbonyl (C=O) groups excluding carboxylic acids is 1. The largest absolute Gasteiger partial charge is 0.496 e. The summed E-state index contributed by atoms with van der Waals surface area (Å²) in [6.07, 6.45) is 0.197. The number of likely N-dealkylation sites (tertiary alicyclic amines) is 1. The van der Waals surface area contributed by atoms with Gasteiger partial charge in [-0.15, -0.1) is 0 Å². The molecule has 33 heavy (non-hydrogen) atoms. The Morgan fingerprint density at radius 1 is 1.06 bits per heavy atom. The predicted molar refractivity (Wildman–Crippen MR) is 124 cm³/mol. The molecule has 4 rings (SSSR count). The van der Waals surface area contributed by atoms with Crippen LogP contribution in [0.25, 0.3) is 11.1 Å². The van der Waals surface area contributed by atoms with Crippen LogP contribution < -0.4 is 4.74 Å². The maximum atomic E-state index is 13.6. The number of carboxylic acid groups (broad SMARTS) is 1. The average Bonchev–Trinajstić information content (AvgIpc) is 3.24. The van der Waals surface area contributed by atoms with Crippen LogP contribution in [-0.2, 0) is 4.79 Å². The molecule has 1 saturated heterocycles. The number of nitrogens with zero attached hydrogens (tertiary/aromatic N) is 2. The van der Waals surface area contributed by atoms with Crippen molar-refractivity contribution in [2.45, 2.75) is 18.5 Å². The number of nitriles is 1. The molecule has 0 aromatic heterocycles. The first-order chi connectivity index (χ1) is 16.0. The van der Waals surface area contributed by atoms with E-state index >= 15 is 0 Å². The molecule has 0 bridgehead atoms. The summed E-state index contributed by atoms with van der Waals surface area (Å²) in [5, 5.41) is 19.9. The molecule has 0 radical (unpaired) electrons. The van der Waals surface area contributed by atoms with E-state index in [1.54, 1.807) is 55.6 Å². The summed E-state index contributed by atoms with van der Waals surface area (Å²) in [5.41, 5.74) is 2.69. The van der Waals surface area contributed by atoms with Crippen LogP contribution in [0.5, 0.6) is 5.75 Å². The predicted octanol–water partition coefficient (Wildman–Crippen LogP) is 5.20. The first-order valence-corrected chi connectivity index (χ1v) is 10.8. The van der Waals surface area contributed by atoms with Crippen molar-refractivity contribution in [3.05, 3.63) is 88.9 Å². The van der Waals surface area contributed by atoms with Crippen LogP contribution in [0, 0.1) is 17.2 Å². The first-order valence-electron chi connectivity index (χ1n) is 10.4. The number of halogens is 1. The quantitative estimate of drug-likeness (QED) is 0.565. The van der Waals surface area contributed by atoms with Gasteiger partial charge in [0.25, 0.3) is 5.91 Å². The second-order valence-electron chi connectivity index (χ2n) is 7.78. The third-order valence-electron chi connectivity index (χ3n) is 5.96. The van der Waals surface area contributed by atoms with Gasteiger partial charge in [0, 0.05) is 16.1 Å². The van der Waals surface area contributed by atoms with E-state index in [-0.39, 0.29) is 6.42 Å². The van der Waals surface area contributed by atoms with Gasteiger partial charge in [-0.2, -0.15) is 5.26 Å². The minimum Gasteiger partial charge on any atom is -0.496 e. The van der Waals surface area contributed by atoms with E-state index in [4.69, 9.17) is 16.3 Å². The summed E-state index contributed by atoms with van der Waals surface area (Å²) in [6.45, 7) is 0. The lowest BCUT2D eigenvalue weighted by Gasteiger charge is -2.29. The number of carbonyl (C=O) groups is 2. The summed E-state index contributed by atoms with van der Waals surface area (Å²) in [6, 6.07) is 21.6. The summed E-state index contributed by atoms with van der Waals surface area (Å²) in [4.78, 5) is 27.0. The molecule has 1 aliphatic rings. The number of hydrogen-bond acceptors (Lipinski definition) is 4. The van der Waals surface area contributed by atoms with Crippen molar-refractivity contribution in [3.63, 3.8) is 0 Å². The normalized spacial score (nSPS) is 19.7. The van der Waals surface area contributed by atoms with Crippen molar-refractivity contribution in [3.8, 4) is 22.9 Å². The van der Waals surface area contributed by atoms with Gasteiger partial charge < -0.3 is 14.7 Å². The van der Waals surface area contributed by atoms with Crippen molar-refractivity contribution in [1.82, 2.24) is 4.90 Å². The molecule has 1 fully saturated rings. The maximum absolute atomic E-state index is 13.6. The molecule has 1 heterocycles. The standard InChI is InChI=1S/C26H21ClN2O4/c1-33-23-9-5-3-6-19(23)16-10-12-17(13-11-16)25(30)29-22(20-7-2-4-8-21(20)27)14-18(15-28)24(29)26(31)32/h2-13,18,22,24H,14H2,1H3,(H,31,32)/t18-,22+,24-/m0/s1. The molecule has 1 N–H and O–H groups in total. The topological polar surface area (TPSA) is 90.6 Å². The Hall–Kier alpha value is -3.82. The maximum Gasteiger partial charge on any atom is 0.327 e. The van der Waals surface area contributed by atoms with Gasteiger partial charge >= 0.3 is 5.97 Å². The molecule has 7 heteroatoms. The lowest BCUT2D eigenvalue weighted by atomic mass is 9.98. The molecular weight excluding hydrogens is 440 g/mol. The first kappa shape index (κ1) is 22.4. The van der Waals surface area contributed by atoms with Crippen molar-refractivity contribution in [1.29, 1.82) is 5.26 Å². The van der Waals surface area contributed by atoms with Gasteiger partial charge in [0.1, 0.15) is 11.8 Å². The molecule has 3 aromatic carbocycles. The smallest absolute Gasteiger partial charge is 0.327 e. The number of hydrogen-bond donors (Lipinski definition) is 1. The molecule has 0 spiro atoms. The average molecular weight is 461 g/mol. The Labute approximate surface area is 196 Å². The van der Waals surface area contributed by atoms with Crippen LogP contribution in [0.1, 0.15) is 28.4 Å². The van der Waals surface area contributed by atoms with Crippen molar-refractivity contribution in [2.24, 2.45) is 5.92 Å². The third kappa shape index (κ3) is 4.15. The van der Waals surface area contributed by atoms with Crippen LogP contribution in [0.15, 0.2) is 72.8 Å². The lowest BCUT2D eigenvalue weighted by molar-refractivity contribution is -0.142. The van der Waals surface area contributed by atoms with Crippen LogP contribution in [0.4, 0.5) is 0 Å². The third-order valence-corrected chi connectivity index (χ3v) is 6.31. The number of amides is 1. The van der Waals surface area contributed by atoms with Gasteiger partial charge in [0.05, 0.1) is 25.1 Å². The SMILES string of the molecule is COc1ccccc1-c1ccc(C(=O)N2[C@@H](c3ccccc3Cl)C[C@@H](C#N)[C@H]2C(=O)O)cc1. The summed E-state index contributed by atoms with van der Waals surface area (Å²) in [5.74, 6) is -1.81. The second-order valence-corrected chi connectivity index (χ2v) is 8.19. The van der Waals surface area contributed by atoms with Crippen LogP contribution in [0.2, 0.25) is 5.02 Å². The molecule has 1 amide bonds. The van der Waals surface area contributed by atoms with E-state index in [1.807, 2.05) is 24.3 Å². The minimum atomic E-state index is -1.27. The Morgan fingerprint density at radius 2 is 1.73 bits per heavy atom. The van der Waals surface area contributed by atoms with Gasteiger partial charge in [-0.3, -0.25) is 4.79 Å². The fourth-order valence-electron chi connectivity index (χ4n) is 4.40. The van der Waals surface area contributed by atoms with Gasteiger partial charge in [-0.05, 0) is 41.8 Å². The number of para-hydroxylation sites is 1. The zero-order valence-electron chi connectivity index (χ0n) is 17.8. The van der Waals surface area contributed by atoms with E-state index < -0.39 is 29.9 Å². The van der Waals surface area contributed by atoms with Crippen molar-refractivity contribution in [2.75, 3.05) is 7.11 Å². The number of benzene rings is 3. The molecule has 3 aromatic rings. The van der Waals surface area contributed by atoms with E-state index in [9.17, 15) is 20.0 Å². The molecule has 0 aliphatic carbocycles. The van der Waals surface area contributed by atoms with Crippen molar-refractivity contribution < 1.29 is 19.4 Å². The number of aliphatic carboxylic acids is 1. The number of carboxylic acids is 1. The Balaban J connectivity index is 1.73. The number of ether oxygens (including phenoxy) is 1. The molecule has 3 atom stereocenters. The molecule has 6 nitrogen and oxygen atoms in total. The summed E-state index contributed by atoms with van der Waals surface area (Å²) in [7, 11) is 1.59. The van der Waals surface area contributed by atoms with Gasteiger partial charge in [0.2, 0.25) is 0 Å². The van der Waals surface area contributed by atoms with E-state index in [0.29, 0.717) is 21.9 Å². The number of methoxy groups -OCH3 is 1. The minimum absolute atomic E-state index is 0.197. The highest BCUT2D eigenvalue weighted by Gasteiger charge is 2.49. The molecule has 0 unspecified atom stereocenters. The molecular formula is C26H21ClN2O4. The zero-order valence-corrected chi connectivity index (χ0v) is 18.6. The Morgan fingerprint density at radius 3 is 2.36 bits per heavy atom. The Kier molecular flexibility index (Phi) is 6.34. The van der Waals surface area contributed by atoms with Crippen LogP contribution >= 0.6 is 11.6 Å². The lowest BCUT2D eigenvalue weighted by Crippen LogP contribution is -2.44. The summed E-state index contributed by atoms with van der Waals surface area (Å²) < 4.78 is 5.41. The van der Waals surface area contributed by atoms with E-state index in [0.717, 1.165) is 11.1 Å². The Bertz CT molecular complexity index is 1240. The molecule has 166 valence electrons. The van der Waals surface area contributed by atoms with Crippen LogP contribution in [0.3, 0.4) is 0 Å². The molecule has 1 aliphatic heterocycles. The zero-order chi connectivity index (χ0) is 23.5. The van der Waals surface area contributed by atoms with Crippen molar-refractivity contribution >= 4 is 23.5 Å². The fraction of sp³-hybridized carbons (Fsp3) is 0.192. The van der Waals surface area contributed by atoms with Gasteiger partial charge in [-0.1, -0.05) is 60.1 Å². The monoisotopic (exact) mass is 460 g/mol. The summed E-state index contributed by atoms with van der Waals surface area (Å²) >= 11 is 6.38. The second kappa shape index (κ2) is 9.35. The van der Waals surface area contributed by atoms with Crippen LogP contribution in [-0.4, -0.2) is 35.0 Å². The number of rotatable bonds is 5. The van der Waals surface area contributed by atoms with Gasteiger partial charge in [-0.25, -0.2) is 4.79 Å². The highest BCUT2D eigenvalue weighted by molar-refractivity contribution is 6.31. The highest BCUT2D eigenvalue weighted by atomic mass is 35.5. The van der Waals surface area contributed by atoms with Gasteiger partial charge in [0.15, 0.2) is 0 Å². The van der Waals surface area contributed by atoms with E-state index in [2.05, 4.69) is 6.07 Å².